The number of amides is 2. The van der Waals surface area contributed by atoms with Gasteiger partial charge in [-0.05, 0) is 67.6 Å². The number of allylic oxidation sites excluding steroid dienone is 2. The molecule has 2 amide bonds. The Morgan fingerprint density at radius 2 is 1.52 bits per heavy atom. The molecule has 2 aromatic carbocycles. The number of anilines is 1. The second-order valence-corrected chi connectivity index (χ2v) is 11.1. The van der Waals surface area contributed by atoms with Crippen molar-refractivity contribution in [3.8, 4) is 18.2 Å². The predicted molar refractivity (Wildman–Crippen MR) is 161 cm³/mol. The molecule has 2 heterocycles. The van der Waals surface area contributed by atoms with Crippen LogP contribution in [0.3, 0.4) is 0 Å². The minimum Gasteiger partial charge on any atom is -0.480 e. The first kappa shape index (κ1) is 30.1. The van der Waals surface area contributed by atoms with Gasteiger partial charge in [-0.25, -0.2) is 0 Å². The number of hydrogen-bond donors (Lipinski definition) is 0. The standard InChI is InChI=1S/C34H35N5O3/c1-4-5-6-7-16-38(17-8-9-18-39-30(40)14-15-31(39)41)28-13-12-24-19-26(11-10-25(24)20-28)32-29(23-37)33(27(21-35)22-36)42-34(32,2)3/h10-15,19-20H,4-9,16-18H2,1-3H3. The van der Waals surface area contributed by atoms with E-state index in [1.807, 2.05) is 44.2 Å². The molecule has 214 valence electrons. The molecule has 0 aliphatic carbocycles. The fraction of sp³-hybridized carbons (Fsp3) is 0.382. The Morgan fingerprint density at radius 3 is 2.17 bits per heavy atom. The molecule has 4 rings (SSSR count). The molecule has 0 spiro atoms. The number of hydrogen-bond acceptors (Lipinski definition) is 7. The second-order valence-electron chi connectivity index (χ2n) is 11.1. The average molecular weight is 562 g/mol. The maximum Gasteiger partial charge on any atom is 0.253 e. The summed E-state index contributed by atoms with van der Waals surface area (Å²) in [7, 11) is 0. The molecule has 2 aromatic rings. The molecule has 8 heteroatoms. The summed E-state index contributed by atoms with van der Waals surface area (Å²) >= 11 is 0. The van der Waals surface area contributed by atoms with Crippen LogP contribution in [0.1, 0.15) is 64.9 Å². The van der Waals surface area contributed by atoms with E-state index in [1.165, 1.54) is 29.9 Å². The van der Waals surface area contributed by atoms with Crippen molar-refractivity contribution < 1.29 is 14.3 Å². The van der Waals surface area contributed by atoms with Gasteiger partial charge >= 0.3 is 0 Å². The van der Waals surface area contributed by atoms with Gasteiger partial charge in [0.05, 0.1) is 0 Å². The zero-order valence-electron chi connectivity index (χ0n) is 24.4. The van der Waals surface area contributed by atoms with Crippen molar-refractivity contribution in [2.24, 2.45) is 0 Å². The number of nitriles is 3. The van der Waals surface area contributed by atoms with Crippen LogP contribution in [0.25, 0.3) is 16.3 Å². The molecule has 0 fully saturated rings. The van der Waals surface area contributed by atoms with E-state index in [1.54, 1.807) is 0 Å². The van der Waals surface area contributed by atoms with Crippen LogP contribution in [0.2, 0.25) is 0 Å². The van der Waals surface area contributed by atoms with Crippen molar-refractivity contribution >= 4 is 33.8 Å². The summed E-state index contributed by atoms with van der Waals surface area (Å²) in [6.45, 7) is 8.02. The van der Waals surface area contributed by atoms with E-state index in [0.29, 0.717) is 12.1 Å². The van der Waals surface area contributed by atoms with Crippen molar-refractivity contribution in [1.82, 2.24) is 4.90 Å². The largest absolute Gasteiger partial charge is 0.480 e. The third-order valence-electron chi connectivity index (χ3n) is 7.72. The summed E-state index contributed by atoms with van der Waals surface area (Å²) in [5, 5.41) is 30.8. The highest BCUT2D eigenvalue weighted by atomic mass is 16.5. The van der Waals surface area contributed by atoms with Crippen LogP contribution in [0.5, 0.6) is 0 Å². The van der Waals surface area contributed by atoms with Crippen LogP contribution in [0.15, 0.2) is 65.5 Å². The number of rotatable bonds is 12. The zero-order valence-corrected chi connectivity index (χ0v) is 24.4. The summed E-state index contributed by atoms with van der Waals surface area (Å²) < 4.78 is 5.96. The lowest BCUT2D eigenvalue weighted by Crippen LogP contribution is -2.32. The van der Waals surface area contributed by atoms with E-state index in [0.717, 1.165) is 60.8 Å². The maximum absolute atomic E-state index is 11.9. The Balaban J connectivity index is 1.58. The molecule has 42 heavy (non-hydrogen) atoms. The van der Waals surface area contributed by atoms with Gasteiger partial charge in [-0.2, -0.15) is 15.8 Å². The lowest BCUT2D eigenvalue weighted by Gasteiger charge is -2.26. The van der Waals surface area contributed by atoms with Crippen LogP contribution in [-0.4, -0.2) is 41.9 Å². The molecule has 0 saturated carbocycles. The number of carbonyl (C=O) groups excluding carboxylic acids is 2. The Hall–Kier alpha value is -4.87. The Kier molecular flexibility index (Phi) is 9.46. The molecule has 0 unspecified atom stereocenters. The van der Waals surface area contributed by atoms with Crippen LogP contribution in [0.4, 0.5) is 5.69 Å². The van der Waals surface area contributed by atoms with E-state index in [9.17, 15) is 25.4 Å². The molecule has 0 atom stereocenters. The van der Waals surface area contributed by atoms with Crippen molar-refractivity contribution in [3.05, 3.63) is 71.0 Å². The number of benzene rings is 2. The molecule has 0 bridgehead atoms. The highest BCUT2D eigenvalue weighted by molar-refractivity contribution is 6.12. The first-order valence-electron chi connectivity index (χ1n) is 14.5. The van der Waals surface area contributed by atoms with Crippen molar-refractivity contribution in [2.45, 2.75) is 64.9 Å². The highest BCUT2D eigenvalue weighted by Crippen LogP contribution is 2.45. The number of fused-ring (bicyclic) bond motifs is 1. The predicted octanol–water partition coefficient (Wildman–Crippen LogP) is 6.32. The lowest BCUT2D eigenvalue weighted by molar-refractivity contribution is -0.136. The fourth-order valence-electron chi connectivity index (χ4n) is 5.58. The summed E-state index contributed by atoms with van der Waals surface area (Å²) in [6, 6.07) is 18.2. The zero-order chi connectivity index (χ0) is 30.3. The van der Waals surface area contributed by atoms with Gasteiger partial charge < -0.3 is 9.64 Å². The third kappa shape index (κ3) is 6.37. The van der Waals surface area contributed by atoms with Crippen molar-refractivity contribution in [2.75, 3.05) is 24.5 Å². The maximum atomic E-state index is 11.9. The van der Waals surface area contributed by atoms with E-state index in [4.69, 9.17) is 4.74 Å². The average Bonchev–Trinajstić information content (AvgIpc) is 3.45. The Labute approximate surface area is 247 Å². The molecule has 0 radical (unpaired) electrons. The second kappa shape index (κ2) is 13.2. The number of unbranched alkanes of at least 4 members (excludes halogenated alkanes) is 4. The molecule has 0 saturated heterocycles. The van der Waals surface area contributed by atoms with Gasteiger partial charge in [-0.3, -0.25) is 14.5 Å². The molecule has 2 aliphatic rings. The summed E-state index contributed by atoms with van der Waals surface area (Å²) in [4.78, 5) is 27.4. The van der Waals surface area contributed by atoms with Gasteiger partial charge in [-0.15, -0.1) is 0 Å². The smallest absolute Gasteiger partial charge is 0.253 e. The van der Waals surface area contributed by atoms with Gasteiger partial charge in [0.1, 0.15) is 29.4 Å². The minimum atomic E-state index is -0.886. The van der Waals surface area contributed by atoms with Gasteiger partial charge in [0.25, 0.3) is 11.8 Å². The monoisotopic (exact) mass is 561 g/mol. The number of imide groups is 1. The van der Waals surface area contributed by atoms with Gasteiger partial charge in [0, 0.05) is 43.0 Å². The minimum absolute atomic E-state index is 0.0337. The number of ether oxygens (including phenoxy) is 1. The molecule has 0 aromatic heterocycles. The summed E-state index contributed by atoms with van der Waals surface area (Å²) in [5.41, 5.74) is 1.68. The topological polar surface area (TPSA) is 121 Å². The Bertz CT molecular complexity index is 1580. The van der Waals surface area contributed by atoms with E-state index in [2.05, 4.69) is 36.1 Å². The van der Waals surface area contributed by atoms with Gasteiger partial charge in [0.2, 0.25) is 0 Å². The first-order chi connectivity index (χ1) is 20.2. The van der Waals surface area contributed by atoms with Gasteiger partial charge in [0.15, 0.2) is 11.3 Å². The SMILES string of the molecule is CCCCCCN(CCCCN1C(=O)C=CC1=O)c1ccc2cc(C3=C(C#N)C(=C(C#N)C#N)OC3(C)C)ccc2c1. The van der Waals surface area contributed by atoms with E-state index < -0.39 is 5.60 Å². The Morgan fingerprint density at radius 1 is 0.881 bits per heavy atom. The fourth-order valence-corrected chi connectivity index (χ4v) is 5.58. The summed E-state index contributed by atoms with van der Waals surface area (Å²) in [6.07, 6.45) is 8.86. The molecule has 0 N–H and O–H groups in total. The van der Waals surface area contributed by atoms with E-state index >= 15 is 0 Å². The molecule has 2 aliphatic heterocycles. The van der Waals surface area contributed by atoms with Crippen LogP contribution < -0.4 is 4.90 Å². The van der Waals surface area contributed by atoms with Crippen LogP contribution in [0, 0.1) is 34.0 Å². The quantitative estimate of drug-likeness (QED) is 0.169. The van der Waals surface area contributed by atoms with Crippen molar-refractivity contribution in [1.29, 1.82) is 15.8 Å². The molecule has 8 nitrogen and oxygen atoms in total. The number of nitrogens with zero attached hydrogens (tertiary/aromatic N) is 5. The van der Waals surface area contributed by atoms with Crippen LogP contribution >= 0.6 is 0 Å². The third-order valence-corrected chi connectivity index (χ3v) is 7.72. The molecular formula is C34H35N5O3. The normalized spacial score (nSPS) is 15.5. The first-order valence-corrected chi connectivity index (χ1v) is 14.5. The van der Waals surface area contributed by atoms with Crippen LogP contribution in [-0.2, 0) is 14.3 Å². The summed E-state index contributed by atoms with van der Waals surface area (Å²) in [5.74, 6) is -0.442. The van der Waals surface area contributed by atoms with E-state index in [-0.39, 0.29) is 28.7 Å². The number of carbonyl (C=O) groups is 2. The van der Waals surface area contributed by atoms with Crippen molar-refractivity contribution in [3.63, 3.8) is 0 Å². The van der Waals surface area contributed by atoms with Gasteiger partial charge in [-0.1, -0.05) is 44.4 Å². The lowest BCUT2D eigenvalue weighted by atomic mass is 9.88. The highest BCUT2D eigenvalue weighted by Gasteiger charge is 2.40. The molecular weight excluding hydrogens is 526 g/mol.